The molecule has 0 aliphatic carbocycles. The zero-order valence-corrected chi connectivity index (χ0v) is 7.55. The Morgan fingerprint density at radius 1 is 1.43 bits per heavy atom. The Labute approximate surface area is 81.4 Å². The molecule has 1 aromatic carbocycles. The van der Waals surface area contributed by atoms with E-state index >= 15 is 0 Å². The van der Waals surface area contributed by atoms with Crippen LogP contribution >= 0.6 is 0 Å². The van der Waals surface area contributed by atoms with Crippen LogP contribution in [0.15, 0.2) is 24.3 Å². The van der Waals surface area contributed by atoms with Crippen molar-refractivity contribution in [3.8, 4) is 5.75 Å². The summed E-state index contributed by atoms with van der Waals surface area (Å²) in [6.07, 6.45) is -0.139. The summed E-state index contributed by atoms with van der Waals surface area (Å²) in [4.78, 5) is 10.5. The molecule has 1 aromatic rings. The van der Waals surface area contributed by atoms with Crippen LogP contribution in [-0.4, -0.2) is 27.9 Å². The molecule has 0 radical (unpaired) electrons. The van der Waals surface area contributed by atoms with Crippen molar-refractivity contribution in [2.24, 2.45) is 0 Å². The molecule has 1 atom stereocenters. The first kappa shape index (κ1) is 10.5. The summed E-state index contributed by atoms with van der Waals surface area (Å²) in [5.74, 6) is -1.35. The van der Waals surface area contributed by atoms with Crippen LogP contribution in [0.2, 0.25) is 0 Å². The van der Waals surface area contributed by atoms with Gasteiger partial charge in [-0.1, -0.05) is 12.1 Å². The van der Waals surface area contributed by atoms with Gasteiger partial charge >= 0.3 is 5.97 Å². The van der Waals surface area contributed by atoms with Crippen LogP contribution in [0.5, 0.6) is 5.75 Å². The zero-order chi connectivity index (χ0) is 10.6. The summed E-state index contributed by atoms with van der Waals surface area (Å²) >= 11 is 0. The highest BCUT2D eigenvalue weighted by molar-refractivity contribution is 5.68. The average Bonchev–Trinajstić information content (AvgIpc) is 2.14. The molecule has 1 unspecified atom stereocenters. The molecule has 0 bridgehead atoms. The quantitative estimate of drug-likeness (QED) is 0.669. The molecule has 0 saturated heterocycles. The molecular formula is C10H12O4. The van der Waals surface area contributed by atoms with Crippen LogP contribution in [0.1, 0.15) is 17.9 Å². The van der Waals surface area contributed by atoms with Crippen molar-refractivity contribution in [3.63, 3.8) is 0 Å². The summed E-state index contributed by atoms with van der Waals surface area (Å²) in [5, 5.41) is 26.7. The van der Waals surface area contributed by atoms with E-state index in [9.17, 15) is 4.79 Å². The number of aromatic hydroxyl groups is 1. The molecule has 1 rings (SSSR count). The van der Waals surface area contributed by atoms with Gasteiger partial charge in [0.15, 0.2) is 0 Å². The number of carboxylic acids is 1. The third kappa shape index (κ3) is 2.74. The number of rotatable bonds is 4. The Hall–Kier alpha value is -1.55. The molecule has 0 aliphatic heterocycles. The predicted molar refractivity (Wildman–Crippen MR) is 50.2 cm³/mol. The standard InChI is InChI=1S/C10H12O4/c11-6-8(5-10(13)14)7-2-1-3-9(12)4-7/h1-4,8,11-12H,5-6H2,(H,13,14). The fraction of sp³-hybridized carbons (Fsp3) is 0.300. The van der Waals surface area contributed by atoms with Crippen LogP contribution < -0.4 is 0 Å². The van der Waals surface area contributed by atoms with Crippen LogP contribution in [0.4, 0.5) is 0 Å². The fourth-order valence-electron chi connectivity index (χ4n) is 1.28. The molecule has 0 amide bonds. The first-order valence-electron chi connectivity index (χ1n) is 4.25. The Morgan fingerprint density at radius 3 is 2.64 bits per heavy atom. The van der Waals surface area contributed by atoms with Gasteiger partial charge in [0.05, 0.1) is 13.0 Å². The average molecular weight is 196 g/mol. The molecule has 14 heavy (non-hydrogen) atoms. The zero-order valence-electron chi connectivity index (χ0n) is 7.55. The van der Waals surface area contributed by atoms with Gasteiger partial charge in [0.25, 0.3) is 0 Å². The lowest BCUT2D eigenvalue weighted by molar-refractivity contribution is -0.137. The molecule has 4 nitrogen and oxygen atoms in total. The number of hydrogen-bond donors (Lipinski definition) is 3. The van der Waals surface area contributed by atoms with E-state index in [1.54, 1.807) is 12.1 Å². The minimum atomic E-state index is -0.965. The lowest BCUT2D eigenvalue weighted by Gasteiger charge is -2.11. The van der Waals surface area contributed by atoms with Crippen LogP contribution in [-0.2, 0) is 4.79 Å². The number of phenols is 1. The summed E-state index contributed by atoms with van der Waals surface area (Å²) in [7, 11) is 0. The van der Waals surface area contributed by atoms with Crippen LogP contribution in [0.3, 0.4) is 0 Å². The van der Waals surface area contributed by atoms with Gasteiger partial charge in [-0.3, -0.25) is 4.79 Å². The van der Waals surface area contributed by atoms with E-state index in [1.807, 2.05) is 0 Å². The van der Waals surface area contributed by atoms with Crippen molar-refractivity contribution in [2.75, 3.05) is 6.61 Å². The van der Waals surface area contributed by atoms with Gasteiger partial charge in [-0.2, -0.15) is 0 Å². The topological polar surface area (TPSA) is 77.8 Å². The van der Waals surface area contributed by atoms with Crippen LogP contribution in [0, 0.1) is 0 Å². The third-order valence-electron chi connectivity index (χ3n) is 1.98. The van der Waals surface area contributed by atoms with Gasteiger partial charge in [0.2, 0.25) is 0 Å². The summed E-state index contributed by atoms with van der Waals surface area (Å²) in [6.45, 7) is -0.240. The van der Waals surface area contributed by atoms with Gasteiger partial charge in [-0.25, -0.2) is 0 Å². The number of benzene rings is 1. The highest BCUT2D eigenvalue weighted by Gasteiger charge is 2.14. The second-order valence-corrected chi connectivity index (χ2v) is 3.07. The Kier molecular flexibility index (Phi) is 3.48. The van der Waals surface area contributed by atoms with Crippen molar-refractivity contribution < 1.29 is 20.1 Å². The summed E-state index contributed by atoms with van der Waals surface area (Å²) < 4.78 is 0. The molecule has 3 N–H and O–H groups in total. The van der Waals surface area contributed by atoms with Crippen LogP contribution in [0.25, 0.3) is 0 Å². The van der Waals surface area contributed by atoms with Crippen molar-refractivity contribution in [2.45, 2.75) is 12.3 Å². The lowest BCUT2D eigenvalue weighted by Crippen LogP contribution is -2.09. The molecule has 0 aliphatic rings. The first-order valence-corrected chi connectivity index (χ1v) is 4.25. The van der Waals surface area contributed by atoms with Gasteiger partial charge in [-0.05, 0) is 17.7 Å². The molecule has 0 aromatic heterocycles. The number of aliphatic hydroxyl groups excluding tert-OH is 1. The van der Waals surface area contributed by atoms with E-state index in [0.29, 0.717) is 5.56 Å². The number of aliphatic carboxylic acids is 1. The van der Waals surface area contributed by atoms with Gasteiger partial charge < -0.3 is 15.3 Å². The Balaban J connectivity index is 2.83. The maximum Gasteiger partial charge on any atom is 0.304 e. The predicted octanol–water partition coefficient (Wildman–Crippen LogP) is 0.943. The maximum absolute atomic E-state index is 10.5. The van der Waals surface area contributed by atoms with Crippen molar-refractivity contribution in [1.82, 2.24) is 0 Å². The minimum absolute atomic E-state index is 0.0753. The van der Waals surface area contributed by atoms with Crippen molar-refractivity contribution in [1.29, 1.82) is 0 Å². The van der Waals surface area contributed by atoms with E-state index in [4.69, 9.17) is 15.3 Å². The second-order valence-electron chi connectivity index (χ2n) is 3.07. The number of hydrogen-bond acceptors (Lipinski definition) is 3. The first-order chi connectivity index (χ1) is 6.63. The highest BCUT2D eigenvalue weighted by atomic mass is 16.4. The smallest absolute Gasteiger partial charge is 0.304 e. The Morgan fingerprint density at radius 2 is 2.14 bits per heavy atom. The minimum Gasteiger partial charge on any atom is -0.508 e. The van der Waals surface area contributed by atoms with E-state index in [2.05, 4.69) is 0 Å². The molecule has 0 heterocycles. The molecule has 4 heteroatoms. The molecular weight excluding hydrogens is 184 g/mol. The Bertz CT molecular complexity index is 322. The third-order valence-corrected chi connectivity index (χ3v) is 1.98. The summed E-state index contributed by atoms with van der Waals surface area (Å²) in [6, 6.07) is 6.27. The van der Waals surface area contributed by atoms with Crippen molar-refractivity contribution >= 4 is 5.97 Å². The molecule has 0 fully saturated rings. The number of aliphatic hydroxyl groups is 1. The number of carboxylic acid groups (broad SMARTS) is 1. The number of carbonyl (C=O) groups is 1. The van der Waals surface area contributed by atoms with Gasteiger partial charge in [0.1, 0.15) is 5.75 Å². The lowest BCUT2D eigenvalue weighted by atomic mass is 9.96. The maximum atomic E-state index is 10.5. The van der Waals surface area contributed by atoms with E-state index in [-0.39, 0.29) is 18.8 Å². The molecule has 0 saturated carbocycles. The van der Waals surface area contributed by atoms with Gasteiger partial charge in [-0.15, -0.1) is 0 Å². The van der Waals surface area contributed by atoms with Crippen molar-refractivity contribution in [3.05, 3.63) is 29.8 Å². The highest BCUT2D eigenvalue weighted by Crippen LogP contribution is 2.22. The fourth-order valence-corrected chi connectivity index (χ4v) is 1.28. The molecule has 0 spiro atoms. The SMILES string of the molecule is O=C(O)CC(CO)c1cccc(O)c1. The number of phenolic OH excluding ortho intramolecular Hbond substituents is 1. The van der Waals surface area contributed by atoms with E-state index in [0.717, 1.165) is 0 Å². The molecule has 76 valence electrons. The second kappa shape index (κ2) is 4.62. The van der Waals surface area contributed by atoms with E-state index in [1.165, 1.54) is 12.1 Å². The largest absolute Gasteiger partial charge is 0.508 e. The monoisotopic (exact) mass is 196 g/mol. The van der Waals surface area contributed by atoms with Gasteiger partial charge in [0, 0.05) is 5.92 Å². The summed E-state index contributed by atoms with van der Waals surface area (Å²) in [5.41, 5.74) is 0.634. The normalized spacial score (nSPS) is 12.4. The van der Waals surface area contributed by atoms with E-state index < -0.39 is 11.9 Å².